The summed E-state index contributed by atoms with van der Waals surface area (Å²) in [7, 11) is 0. The fraction of sp³-hybridized carbons (Fsp3) is 1.00. The Morgan fingerprint density at radius 2 is 2.20 bits per heavy atom. The van der Waals surface area contributed by atoms with E-state index < -0.39 is 0 Å². The third-order valence-corrected chi connectivity index (χ3v) is 5.82. The quantitative estimate of drug-likeness (QED) is 0.711. The standard InChI is InChI=1S/C13H25NS/c1-3-5-9(2)13(15)11-8-10(11)6-4-7-12(13)14/h9-12,15H,3-8,14H2,1-2H3. The average molecular weight is 227 g/mol. The highest BCUT2D eigenvalue weighted by molar-refractivity contribution is 7.82. The van der Waals surface area contributed by atoms with Crippen LogP contribution in [0.1, 0.15) is 52.4 Å². The maximum atomic E-state index is 6.39. The largest absolute Gasteiger partial charge is 0.326 e. The first-order valence-corrected chi connectivity index (χ1v) is 7.03. The van der Waals surface area contributed by atoms with Crippen LogP contribution in [-0.4, -0.2) is 10.8 Å². The molecular formula is C13H25NS. The molecule has 2 aliphatic rings. The van der Waals surface area contributed by atoms with Gasteiger partial charge in [-0.05, 0) is 37.0 Å². The van der Waals surface area contributed by atoms with Gasteiger partial charge in [0.1, 0.15) is 0 Å². The van der Waals surface area contributed by atoms with Gasteiger partial charge in [-0.1, -0.05) is 33.1 Å². The minimum absolute atomic E-state index is 0.136. The van der Waals surface area contributed by atoms with Gasteiger partial charge >= 0.3 is 0 Å². The van der Waals surface area contributed by atoms with Gasteiger partial charge in [0.15, 0.2) is 0 Å². The second kappa shape index (κ2) is 4.29. The third kappa shape index (κ3) is 1.95. The summed E-state index contributed by atoms with van der Waals surface area (Å²) in [5, 5.41) is 0. The normalized spacial score (nSPS) is 46.8. The molecule has 0 amide bonds. The monoisotopic (exact) mass is 227 g/mol. The minimum atomic E-state index is 0.136. The number of fused-ring (bicyclic) bond motifs is 1. The van der Waals surface area contributed by atoms with Crippen molar-refractivity contribution in [1.82, 2.24) is 0 Å². The molecule has 0 heterocycles. The van der Waals surface area contributed by atoms with Crippen molar-refractivity contribution in [2.75, 3.05) is 0 Å². The lowest BCUT2D eigenvalue weighted by atomic mass is 9.79. The van der Waals surface area contributed by atoms with Crippen LogP contribution in [0.3, 0.4) is 0 Å². The Bertz CT molecular complexity index is 227. The van der Waals surface area contributed by atoms with E-state index >= 15 is 0 Å². The fourth-order valence-electron chi connectivity index (χ4n) is 3.63. The Morgan fingerprint density at radius 3 is 2.87 bits per heavy atom. The Balaban J connectivity index is 2.14. The van der Waals surface area contributed by atoms with Gasteiger partial charge in [0, 0.05) is 10.8 Å². The molecule has 2 aliphatic carbocycles. The summed E-state index contributed by atoms with van der Waals surface area (Å²) in [6.07, 6.45) is 7.84. The van der Waals surface area contributed by atoms with Gasteiger partial charge in [-0.3, -0.25) is 0 Å². The number of hydrogen-bond donors (Lipinski definition) is 2. The molecule has 0 bridgehead atoms. The lowest BCUT2D eigenvalue weighted by molar-refractivity contribution is 0.288. The van der Waals surface area contributed by atoms with Crippen molar-refractivity contribution < 1.29 is 0 Å². The van der Waals surface area contributed by atoms with Crippen LogP contribution in [-0.2, 0) is 0 Å². The van der Waals surface area contributed by atoms with Crippen LogP contribution in [0.25, 0.3) is 0 Å². The predicted molar refractivity (Wildman–Crippen MR) is 69.2 cm³/mol. The molecule has 0 spiro atoms. The minimum Gasteiger partial charge on any atom is -0.326 e. The van der Waals surface area contributed by atoms with Gasteiger partial charge in [-0.2, -0.15) is 12.6 Å². The summed E-state index contributed by atoms with van der Waals surface area (Å²) in [5.41, 5.74) is 6.39. The van der Waals surface area contributed by atoms with Gasteiger partial charge < -0.3 is 5.73 Å². The zero-order chi connectivity index (χ0) is 11.1. The van der Waals surface area contributed by atoms with Crippen LogP contribution in [0.15, 0.2) is 0 Å². The van der Waals surface area contributed by atoms with Crippen LogP contribution >= 0.6 is 12.6 Å². The second-order valence-electron chi connectivity index (χ2n) is 5.72. The molecule has 5 unspecified atom stereocenters. The van der Waals surface area contributed by atoms with Gasteiger partial charge in [-0.15, -0.1) is 0 Å². The SMILES string of the molecule is CCCC(C)C1(S)C(N)CCCC2CC21. The summed E-state index contributed by atoms with van der Waals surface area (Å²) in [6.45, 7) is 4.62. The lowest BCUT2D eigenvalue weighted by Gasteiger charge is -2.40. The molecule has 0 aromatic heterocycles. The molecule has 2 N–H and O–H groups in total. The van der Waals surface area contributed by atoms with Crippen LogP contribution in [0.2, 0.25) is 0 Å². The van der Waals surface area contributed by atoms with Crippen molar-refractivity contribution in [2.24, 2.45) is 23.5 Å². The second-order valence-corrected chi connectivity index (χ2v) is 6.49. The number of rotatable bonds is 3. The van der Waals surface area contributed by atoms with Crippen LogP contribution in [0.5, 0.6) is 0 Å². The Kier molecular flexibility index (Phi) is 3.37. The molecule has 0 aromatic rings. The first-order chi connectivity index (χ1) is 7.10. The molecule has 0 aliphatic heterocycles. The van der Waals surface area contributed by atoms with E-state index in [1.807, 2.05) is 0 Å². The highest BCUT2D eigenvalue weighted by Crippen LogP contribution is 2.58. The third-order valence-electron chi connectivity index (χ3n) is 4.71. The number of nitrogens with two attached hydrogens (primary N) is 1. The molecule has 2 fully saturated rings. The topological polar surface area (TPSA) is 26.0 Å². The highest BCUT2D eigenvalue weighted by Gasteiger charge is 2.56. The van der Waals surface area contributed by atoms with E-state index in [1.54, 1.807) is 0 Å². The van der Waals surface area contributed by atoms with Crippen LogP contribution in [0, 0.1) is 17.8 Å². The molecule has 5 atom stereocenters. The Hall–Kier alpha value is 0.310. The first-order valence-electron chi connectivity index (χ1n) is 6.58. The fourth-order valence-corrected chi connectivity index (χ4v) is 4.21. The van der Waals surface area contributed by atoms with E-state index in [0.29, 0.717) is 12.0 Å². The molecule has 0 aromatic carbocycles. The van der Waals surface area contributed by atoms with E-state index in [0.717, 1.165) is 11.8 Å². The zero-order valence-corrected chi connectivity index (χ0v) is 11.0. The van der Waals surface area contributed by atoms with Crippen molar-refractivity contribution in [1.29, 1.82) is 0 Å². The van der Waals surface area contributed by atoms with Crippen molar-refractivity contribution >= 4 is 12.6 Å². The molecule has 2 heteroatoms. The Morgan fingerprint density at radius 1 is 1.47 bits per heavy atom. The smallest absolute Gasteiger partial charge is 0.0337 e. The first kappa shape index (κ1) is 11.8. The van der Waals surface area contributed by atoms with Crippen molar-refractivity contribution in [3.63, 3.8) is 0 Å². The highest BCUT2D eigenvalue weighted by atomic mass is 32.1. The van der Waals surface area contributed by atoms with E-state index in [2.05, 4.69) is 13.8 Å². The molecule has 88 valence electrons. The van der Waals surface area contributed by atoms with Crippen LogP contribution in [0.4, 0.5) is 0 Å². The van der Waals surface area contributed by atoms with Crippen molar-refractivity contribution in [3.05, 3.63) is 0 Å². The molecule has 1 nitrogen and oxygen atoms in total. The molecule has 2 saturated carbocycles. The maximum Gasteiger partial charge on any atom is 0.0337 e. The summed E-state index contributed by atoms with van der Waals surface area (Å²) >= 11 is 5.05. The van der Waals surface area contributed by atoms with Gasteiger partial charge in [0.25, 0.3) is 0 Å². The number of hydrogen-bond acceptors (Lipinski definition) is 2. The van der Waals surface area contributed by atoms with E-state index in [4.69, 9.17) is 18.4 Å². The van der Waals surface area contributed by atoms with Gasteiger partial charge in [0.05, 0.1) is 0 Å². The Labute approximate surface area is 99.6 Å². The lowest BCUT2D eigenvalue weighted by Crippen LogP contribution is -2.49. The van der Waals surface area contributed by atoms with Gasteiger partial charge in [0.2, 0.25) is 0 Å². The zero-order valence-electron chi connectivity index (χ0n) is 10.1. The van der Waals surface area contributed by atoms with E-state index in [9.17, 15) is 0 Å². The molecular weight excluding hydrogens is 202 g/mol. The molecule has 0 radical (unpaired) electrons. The maximum absolute atomic E-state index is 6.39. The summed E-state index contributed by atoms with van der Waals surface area (Å²) in [6, 6.07) is 0.319. The molecule has 0 saturated heterocycles. The van der Waals surface area contributed by atoms with Crippen LogP contribution < -0.4 is 5.73 Å². The summed E-state index contributed by atoms with van der Waals surface area (Å²) < 4.78 is 0.136. The van der Waals surface area contributed by atoms with E-state index in [1.165, 1.54) is 38.5 Å². The van der Waals surface area contributed by atoms with E-state index in [-0.39, 0.29) is 4.75 Å². The summed E-state index contributed by atoms with van der Waals surface area (Å²) in [4.78, 5) is 0. The number of thiol groups is 1. The van der Waals surface area contributed by atoms with Crippen molar-refractivity contribution in [2.45, 2.75) is 63.2 Å². The predicted octanol–water partition coefficient (Wildman–Crippen LogP) is 3.24. The average Bonchev–Trinajstić information content (AvgIpc) is 2.96. The molecule has 15 heavy (non-hydrogen) atoms. The van der Waals surface area contributed by atoms with Gasteiger partial charge in [-0.25, -0.2) is 0 Å². The molecule has 2 rings (SSSR count). The summed E-state index contributed by atoms with van der Waals surface area (Å²) in [5.74, 6) is 2.45. The van der Waals surface area contributed by atoms with Crippen molar-refractivity contribution in [3.8, 4) is 0 Å².